The Morgan fingerprint density at radius 1 is 0.962 bits per heavy atom. The summed E-state index contributed by atoms with van der Waals surface area (Å²) in [5, 5.41) is 10.5. The van der Waals surface area contributed by atoms with Gasteiger partial charge in [-0.25, -0.2) is 4.79 Å². The topological polar surface area (TPSA) is 236 Å². The van der Waals surface area contributed by atoms with Crippen molar-refractivity contribution in [1.29, 1.82) is 0 Å². The molecular formula is C35H49N7O10. The summed E-state index contributed by atoms with van der Waals surface area (Å²) in [7, 11) is 1.42. The first-order valence-electron chi connectivity index (χ1n) is 17.0. The molecule has 2 heterocycles. The Balaban J connectivity index is 1.68. The number of amides is 8. The lowest BCUT2D eigenvalue weighted by atomic mass is 9.97. The molecule has 3 rings (SSSR count). The maximum absolute atomic E-state index is 13.6. The molecule has 284 valence electrons. The molecule has 0 radical (unpaired) electrons. The van der Waals surface area contributed by atoms with Crippen molar-refractivity contribution in [2.24, 2.45) is 17.1 Å². The minimum atomic E-state index is -1.12. The molecule has 1 fully saturated rings. The van der Waals surface area contributed by atoms with E-state index in [-0.39, 0.29) is 45.0 Å². The highest BCUT2D eigenvalue weighted by molar-refractivity contribution is 6.15. The van der Waals surface area contributed by atoms with Crippen molar-refractivity contribution in [3.8, 4) is 0 Å². The number of anilines is 1. The number of carbonyl (C=O) groups is 8. The maximum atomic E-state index is 13.6. The van der Waals surface area contributed by atoms with E-state index >= 15 is 0 Å². The SMILES string of the molecule is COCC1C[C@H](N2C(=O)C=CC2=O)C(=O)N1CC(=O)N[C@H](C(=O)N[C@@H](CCCNC(N)=O)C(=O)Nc1ccc(COC(=O)C(C)(C)C)cc1)C(C)C. The average Bonchev–Trinajstić information content (AvgIpc) is 3.55. The van der Waals surface area contributed by atoms with Gasteiger partial charge in [0.15, 0.2) is 0 Å². The van der Waals surface area contributed by atoms with Crippen LogP contribution in [0.4, 0.5) is 10.5 Å². The number of nitrogens with two attached hydrogens (primary N) is 1. The first kappa shape index (κ1) is 41.1. The second-order valence-corrected chi connectivity index (χ2v) is 14.0. The van der Waals surface area contributed by atoms with Crippen molar-refractivity contribution in [2.75, 3.05) is 32.1 Å². The fraction of sp³-hybridized carbons (Fsp3) is 0.543. The number of carbonyl (C=O) groups excluding carboxylic acids is 8. The number of nitrogens with zero attached hydrogens (tertiary/aromatic N) is 2. The summed E-state index contributed by atoms with van der Waals surface area (Å²) in [4.78, 5) is 104. The summed E-state index contributed by atoms with van der Waals surface area (Å²) in [6, 6.07) is 1.93. The molecule has 1 saturated heterocycles. The van der Waals surface area contributed by atoms with Gasteiger partial charge in [-0.15, -0.1) is 0 Å². The van der Waals surface area contributed by atoms with Gasteiger partial charge in [-0.05, 0) is 57.2 Å². The Morgan fingerprint density at radius 2 is 1.60 bits per heavy atom. The molecule has 2 aliphatic heterocycles. The summed E-state index contributed by atoms with van der Waals surface area (Å²) in [6.45, 7) is 8.39. The molecule has 0 aliphatic carbocycles. The largest absolute Gasteiger partial charge is 0.460 e. The molecule has 8 amide bonds. The van der Waals surface area contributed by atoms with Crippen LogP contribution in [0.1, 0.15) is 59.4 Å². The Kier molecular flexibility index (Phi) is 14.4. The van der Waals surface area contributed by atoms with Gasteiger partial charge in [0.2, 0.25) is 23.6 Å². The van der Waals surface area contributed by atoms with Gasteiger partial charge in [0.25, 0.3) is 11.8 Å². The summed E-state index contributed by atoms with van der Waals surface area (Å²) in [6.07, 6.45) is 2.60. The molecule has 1 aromatic carbocycles. The third kappa shape index (κ3) is 11.3. The van der Waals surface area contributed by atoms with E-state index in [9.17, 15) is 38.4 Å². The van der Waals surface area contributed by atoms with Gasteiger partial charge in [0, 0.05) is 37.9 Å². The molecule has 2 aliphatic rings. The number of esters is 1. The van der Waals surface area contributed by atoms with Gasteiger partial charge in [-0.3, -0.25) is 38.5 Å². The number of urea groups is 1. The summed E-state index contributed by atoms with van der Waals surface area (Å²) in [5.41, 5.74) is 5.60. The lowest BCUT2D eigenvalue weighted by Gasteiger charge is -2.28. The van der Waals surface area contributed by atoms with Crippen LogP contribution in [-0.2, 0) is 49.6 Å². The van der Waals surface area contributed by atoms with Crippen LogP contribution in [0, 0.1) is 11.3 Å². The van der Waals surface area contributed by atoms with Crippen molar-refractivity contribution < 1.29 is 47.8 Å². The van der Waals surface area contributed by atoms with Gasteiger partial charge in [0.05, 0.1) is 24.6 Å². The number of nitrogens with one attached hydrogen (secondary N) is 4. The van der Waals surface area contributed by atoms with Crippen LogP contribution in [0.15, 0.2) is 36.4 Å². The van der Waals surface area contributed by atoms with Crippen LogP contribution in [0.5, 0.6) is 0 Å². The number of ether oxygens (including phenoxy) is 2. The molecule has 52 heavy (non-hydrogen) atoms. The molecule has 4 atom stereocenters. The van der Waals surface area contributed by atoms with E-state index in [2.05, 4.69) is 21.3 Å². The monoisotopic (exact) mass is 727 g/mol. The fourth-order valence-corrected chi connectivity index (χ4v) is 5.59. The first-order valence-corrected chi connectivity index (χ1v) is 17.0. The third-order valence-electron chi connectivity index (χ3n) is 8.40. The predicted octanol–water partition coefficient (Wildman–Crippen LogP) is 0.329. The molecule has 0 bridgehead atoms. The summed E-state index contributed by atoms with van der Waals surface area (Å²) < 4.78 is 10.6. The van der Waals surface area contributed by atoms with E-state index in [1.54, 1.807) is 58.9 Å². The normalized spacial score (nSPS) is 18.3. The molecule has 0 saturated carbocycles. The first-order chi connectivity index (χ1) is 24.4. The minimum absolute atomic E-state index is 0.0437. The fourth-order valence-electron chi connectivity index (χ4n) is 5.59. The Bertz CT molecular complexity index is 1540. The third-order valence-corrected chi connectivity index (χ3v) is 8.40. The molecule has 17 nitrogen and oxygen atoms in total. The number of methoxy groups -OCH3 is 1. The standard InChI is InChI=1S/C35H49N7O10/c1-20(2)29(40-26(43)17-41-23(19-51-6)16-25(32(41)48)42-27(44)13-14-28(42)45)31(47)39-24(8-7-15-37-34(36)50)30(46)38-22-11-9-21(10-12-22)18-52-33(49)35(3,4)5/h9-14,20,23-25,29H,7-8,15-19H2,1-6H3,(H,38,46)(H,39,47)(H,40,43)(H3,36,37,50)/t23?,24-,25-,29-/m0/s1. The second kappa shape index (κ2) is 18.3. The lowest BCUT2D eigenvalue weighted by Crippen LogP contribution is -2.56. The number of rotatable bonds is 17. The minimum Gasteiger partial charge on any atom is -0.460 e. The lowest BCUT2D eigenvalue weighted by molar-refractivity contribution is -0.154. The van der Waals surface area contributed by atoms with Crippen molar-refractivity contribution in [3.63, 3.8) is 0 Å². The molecule has 1 aromatic rings. The van der Waals surface area contributed by atoms with E-state index < -0.39 is 83.5 Å². The number of imide groups is 1. The van der Waals surface area contributed by atoms with Crippen molar-refractivity contribution >= 4 is 53.1 Å². The highest BCUT2D eigenvalue weighted by Crippen LogP contribution is 2.26. The van der Waals surface area contributed by atoms with Crippen LogP contribution >= 0.6 is 0 Å². The molecular weight excluding hydrogens is 678 g/mol. The number of hydrogen-bond donors (Lipinski definition) is 5. The highest BCUT2D eigenvalue weighted by atomic mass is 16.5. The van der Waals surface area contributed by atoms with Gasteiger partial charge in [-0.1, -0.05) is 26.0 Å². The zero-order valence-corrected chi connectivity index (χ0v) is 30.4. The molecule has 1 unspecified atom stereocenters. The van der Waals surface area contributed by atoms with Crippen LogP contribution in [0.25, 0.3) is 0 Å². The van der Waals surface area contributed by atoms with Gasteiger partial charge in [-0.2, -0.15) is 0 Å². The van der Waals surface area contributed by atoms with Gasteiger partial charge < -0.3 is 41.4 Å². The average molecular weight is 728 g/mol. The van der Waals surface area contributed by atoms with Gasteiger partial charge >= 0.3 is 12.0 Å². The second-order valence-electron chi connectivity index (χ2n) is 14.0. The van der Waals surface area contributed by atoms with Crippen LogP contribution in [0.2, 0.25) is 0 Å². The predicted molar refractivity (Wildman–Crippen MR) is 187 cm³/mol. The van der Waals surface area contributed by atoms with E-state index in [1.165, 1.54) is 12.0 Å². The van der Waals surface area contributed by atoms with Crippen molar-refractivity contribution in [2.45, 2.75) is 84.7 Å². The van der Waals surface area contributed by atoms with Crippen LogP contribution < -0.4 is 27.0 Å². The Morgan fingerprint density at radius 3 is 2.15 bits per heavy atom. The van der Waals surface area contributed by atoms with Crippen LogP contribution in [0.3, 0.4) is 0 Å². The van der Waals surface area contributed by atoms with Gasteiger partial charge in [0.1, 0.15) is 24.7 Å². The quantitative estimate of drug-likeness (QED) is 0.0838. The molecule has 17 heteroatoms. The van der Waals surface area contributed by atoms with Crippen molar-refractivity contribution in [3.05, 3.63) is 42.0 Å². The maximum Gasteiger partial charge on any atom is 0.312 e. The van der Waals surface area contributed by atoms with Crippen molar-refractivity contribution in [1.82, 2.24) is 25.8 Å². The zero-order chi connectivity index (χ0) is 38.7. The highest BCUT2D eigenvalue weighted by Gasteiger charge is 2.47. The number of hydrogen-bond acceptors (Lipinski definition) is 10. The Labute approximate surface area is 302 Å². The number of primary amides is 1. The molecule has 0 spiro atoms. The molecule has 0 aromatic heterocycles. The van der Waals surface area contributed by atoms with Crippen LogP contribution in [-0.4, -0.2) is 108 Å². The number of likely N-dealkylation sites (tertiary alicyclic amines) is 1. The molecule has 6 N–H and O–H groups in total. The summed E-state index contributed by atoms with van der Waals surface area (Å²) in [5.74, 6) is -4.57. The van der Waals surface area contributed by atoms with E-state index in [4.69, 9.17) is 15.2 Å². The number of benzene rings is 1. The van der Waals surface area contributed by atoms with E-state index in [1.807, 2.05) is 0 Å². The van der Waals surface area contributed by atoms with E-state index in [0.717, 1.165) is 17.1 Å². The zero-order valence-electron chi connectivity index (χ0n) is 30.4. The van der Waals surface area contributed by atoms with E-state index in [0.29, 0.717) is 11.3 Å². The summed E-state index contributed by atoms with van der Waals surface area (Å²) >= 11 is 0. The smallest absolute Gasteiger partial charge is 0.312 e. The Hall–Kier alpha value is -5.32.